The number of benzene rings is 2. The highest BCUT2D eigenvalue weighted by atomic mass is 16.6. The van der Waals surface area contributed by atoms with Gasteiger partial charge in [-0.25, -0.2) is 0 Å². The fourth-order valence-electron chi connectivity index (χ4n) is 1.95. The molecule has 0 aliphatic carbocycles. The molecular formula is C15H14N2O4. The number of para-hydroxylation sites is 1. The zero-order valence-corrected chi connectivity index (χ0v) is 11.4. The third-order valence-electron chi connectivity index (χ3n) is 3.10. The number of hydrogen-bond donors (Lipinski definition) is 2. The van der Waals surface area contributed by atoms with Gasteiger partial charge in [-0.15, -0.1) is 0 Å². The van der Waals surface area contributed by atoms with Crippen molar-refractivity contribution in [1.29, 1.82) is 0 Å². The Kier molecular flexibility index (Phi) is 4.18. The van der Waals surface area contributed by atoms with E-state index in [1.165, 1.54) is 18.2 Å². The molecule has 0 heterocycles. The van der Waals surface area contributed by atoms with Crippen LogP contribution in [-0.4, -0.2) is 15.9 Å². The van der Waals surface area contributed by atoms with Crippen molar-refractivity contribution in [3.05, 3.63) is 69.3 Å². The summed E-state index contributed by atoms with van der Waals surface area (Å²) in [4.78, 5) is 22.2. The molecule has 0 atom stereocenters. The van der Waals surface area contributed by atoms with Crippen LogP contribution in [0.15, 0.2) is 42.5 Å². The molecule has 0 aromatic heterocycles. The molecule has 0 spiro atoms. The van der Waals surface area contributed by atoms with E-state index in [1.807, 2.05) is 0 Å². The van der Waals surface area contributed by atoms with Crippen molar-refractivity contribution in [3.8, 4) is 5.75 Å². The summed E-state index contributed by atoms with van der Waals surface area (Å²) >= 11 is 0. The van der Waals surface area contributed by atoms with E-state index in [0.717, 1.165) is 0 Å². The summed E-state index contributed by atoms with van der Waals surface area (Å²) in [6.45, 7) is 1.82. The zero-order valence-electron chi connectivity index (χ0n) is 11.4. The Bertz CT molecular complexity index is 698. The van der Waals surface area contributed by atoms with Crippen LogP contribution in [0.2, 0.25) is 0 Å². The maximum absolute atomic E-state index is 12.1. The molecule has 0 aliphatic rings. The van der Waals surface area contributed by atoms with Crippen LogP contribution < -0.4 is 5.32 Å². The van der Waals surface area contributed by atoms with Gasteiger partial charge in [0.15, 0.2) is 0 Å². The van der Waals surface area contributed by atoms with E-state index in [9.17, 15) is 20.0 Å². The predicted octanol–water partition coefficient (Wildman–Crippen LogP) is 2.54. The molecule has 2 N–H and O–H groups in total. The lowest BCUT2D eigenvalue weighted by Crippen LogP contribution is -2.23. The lowest BCUT2D eigenvalue weighted by molar-refractivity contribution is -0.384. The Morgan fingerprint density at radius 2 is 2.00 bits per heavy atom. The van der Waals surface area contributed by atoms with Gasteiger partial charge in [0.25, 0.3) is 11.6 Å². The quantitative estimate of drug-likeness (QED) is 0.667. The summed E-state index contributed by atoms with van der Waals surface area (Å²) in [5.74, 6) is -0.233. The lowest BCUT2D eigenvalue weighted by atomic mass is 10.1. The molecule has 0 bridgehead atoms. The molecule has 1 amide bonds. The van der Waals surface area contributed by atoms with Crippen molar-refractivity contribution in [1.82, 2.24) is 5.32 Å². The van der Waals surface area contributed by atoms with Crippen LogP contribution in [0.3, 0.4) is 0 Å². The number of carbonyl (C=O) groups excluding carboxylic acids is 1. The number of amides is 1. The van der Waals surface area contributed by atoms with Gasteiger partial charge < -0.3 is 10.4 Å². The number of phenols is 1. The van der Waals surface area contributed by atoms with Crippen LogP contribution in [0.1, 0.15) is 21.5 Å². The van der Waals surface area contributed by atoms with E-state index < -0.39 is 4.92 Å². The molecule has 2 aromatic rings. The van der Waals surface area contributed by atoms with Crippen LogP contribution in [-0.2, 0) is 6.54 Å². The topological polar surface area (TPSA) is 92.5 Å². The van der Waals surface area contributed by atoms with Gasteiger partial charge >= 0.3 is 0 Å². The van der Waals surface area contributed by atoms with Gasteiger partial charge in [-0.1, -0.05) is 18.2 Å². The maximum atomic E-state index is 12.1. The minimum Gasteiger partial charge on any atom is -0.508 e. The highest BCUT2D eigenvalue weighted by Crippen LogP contribution is 2.18. The molecule has 0 unspecified atom stereocenters. The van der Waals surface area contributed by atoms with E-state index >= 15 is 0 Å². The van der Waals surface area contributed by atoms with Crippen LogP contribution >= 0.6 is 0 Å². The largest absolute Gasteiger partial charge is 0.508 e. The first-order valence-corrected chi connectivity index (χ1v) is 6.29. The highest BCUT2D eigenvalue weighted by molar-refractivity contribution is 5.95. The van der Waals surface area contributed by atoms with Crippen LogP contribution in [0.5, 0.6) is 5.75 Å². The van der Waals surface area contributed by atoms with Gasteiger partial charge in [-0.2, -0.15) is 0 Å². The molecule has 6 heteroatoms. The van der Waals surface area contributed by atoms with Gasteiger partial charge in [0.05, 0.1) is 4.92 Å². The summed E-state index contributed by atoms with van der Waals surface area (Å²) in [5.41, 5.74) is 1.45. The Morgan fingerprint density at radius 3 is 2.62 bits per heavy atom. The van der Waals surface area contributed by atoms with Gasteiger partial charge in [-0.05, 0) is 24.6 Å². The van der Waals surface area contributed by atoms with Crippen molar-refractivity contribution < 1.29 is 14.8 Å². The first-order valence-electron chi connectivity index (χ1n) is 6.29. The van der Waals surface area contributed by atoms with Gasteiger partial charge in [-0.3, -0.25) is 14.9 Å². The zero-order chi connectivity index (χ0) is 15.4. The second-order valence-electron chi connectivity index (χ2n) is 4.57. The molecule has 2 rings (SSSR count). The first-order chi connectivity index (χ1) is 9.99. The Morgan fingerprint density at radius 1 is 1.29 bits per heavy atom. The van der Waals surface area contributed by atoms with Crippen molar-refractivity contribution in [2.24, 2.45) is 0 Å². The van der Waals surface area contributed by atoms with Crippen molar-refractivity contribution in [2.75, 3.05) is 0 Å². The summed E-state index contributed by atoms with van der Waals surface area (Å²) in [6.07, 6.45) is 0. The van der Waals surface area contributed by atoms with Gasteiger partial charge in [0.2, 0.25) is 0 Å². The summed E-state index contributed by atoms with van der Waals surface area (Å²) in [5, 5.41) is 23.0. The Hall–Kier alpha value is -2.89. The number of non-ortho nitro benzene ring substituents is 1. The van der Waals surface area contributed by atoms with Crippen LogP contribution in [0.25, 0.3) is 0 Å². The third-order valence-corrected chi connectivity index (χ3v) is 3.10. The number of nitrogens with one attached hydrogen (secondary N) is 1. The average Bonchev–Trinajstić information content (AvgIpc) is 2.46. The molecule has 21 heavy (non-hydrogen) atoms. The van der Waals surface area contributed by atoms with E-state index in [2.05, 4.69) is 5.32 Å². The minimum atomic E-state index is -0.503. The van der Waals surface area contributed by atoms with Gasteiger partial charge in [0, 0.05) is 29.8 Å². The summed E-state index contributed by atoms with van der Waals surface area (Å²) < 4.78 is 0. The molecule has 108 valence electrons. The Balaban J connectivity index is 2.11. The second-order valence-corrected chi connectivity index (χ2v) is 4.57. The molecular weight excluding hydrogens is 272 g/mol. The summed E-state index contributed by atoms with van der Waals surface area (Å²) in [7, 11) is 0. The monoisotopic (exact) mass is 286 g/mol. The molecule has 0 saturated heterocycles. The van der Waals surface area contributed by atoms with E-state index in [4.69, 9.17) is 0 Å². The Labute approximate surface area is 121 Å². The molecule has 6 nitrogen and oxygen atoms in total. The number of aryl methyl sites for hydroxylation is 1. The molecule has 0 saturated carbocycles. The maximum Gasteiger partial charge on any atom is 0.269 e. The predicted molar refractivity (Wildman–Crippen MR) is 77.1 cm³/mol. The van der Waals surface area contributed by atoms with Gasteiger partial charge in [0.1, 0.15) is 5.75 Å². The van der Waals surface area contributed by atoms with Crippen LogP contribution in [0, 0.1) is 17.0 Å². The molecule has 0 aliphatic heterocycles. The number of phenolic OH excluding ortho intramolecular Hbond substituents is 1. The summed E-state index contributed by atoms with van der Waals surface area (Å²) in [6, 6.07) is 10.8. The SMILES string of the molecule is Cc1cc([N+](=O)[O-])ccc1C(=O)NCc1ccccc1O. The number of hydrogen-bond acceptors (Lipinski definition) is 4. The number of carbonyl (C=O) groups is 1. The fourth-order valence-corrected chi connectivity index (χ4v) is 1.95. The average molecular weight is 286 g/mol. The number of nitro groups is 1. The van der Waals surface area contributed by atoms with E-state index in [1.54, 1.807) is 31.2 Å². The number of rotatable bonds is 4. The molecule has 0 radical (unpaired) electrons. The minimum absolute atomic E-state index is 0.0512. The van der Waals surface area contributed by atoms with E-state index in [-0.39, 0.29) is 23.9 Å². The number of nitro benzene ring substituents is 1. The third kappa shape index (κ3) is 3.36. The second kappa shape index (κ2) is 6.04. The van der Waals surface area contributed by atoms with Crippen LogP contribution in [0.4, 0.5) is 5.69 Å². The number of nitrogens with zero attached hydrogens (tertiary/aromatic N) is 1. The molecule has 2 aromatic carbocycles. The fraction of sp³-hybridized carbons (Fsp3) is 0.133. The lowest BCUT2D eigenvalue weighted by Gasteiger charge is -2.08. The number of aromatic hydroxyl groups is 1. The van der Waals surface area contributed by atoms with E-state index in [0.29, 0.717) is 16.7 Å². The molecule has 0 fully saturated rings. The highest BCUT2D eigenvalue weighted by Gasteiger charge is 2.13. The van der Waals surface area contributed by atoms with Crippen molar-refractivity contribution in [2.45, 2.75) is 13.5 Å². The van der Waals surface area contributed by atoms with Crippen molar-refractivity contribution in [3.63, 3.8) is 0 Å². The first kappa shape index (κ1) is 14.5. The normalized spacial score (nSPS) is 10.1. The standard InChI is InChI=1S/C15H14N2O4/c1-10-8-12(17(20)21)6-7-13(10)15(19)16-9-11-4-2-3-5-14(11)18/h2-8,18H,9H2,1H3,(H,16,19). The van der Waals surface area contributed by atoms with Crippen molar-refractivity contribution >= 4 is 11.6 Å². The smallest absolute Gasteiger partial charge is 0.269 e.